The number of nitrogens with one attached hydrogen (secondary N) is 1. The summed E-state index contributed by atoms with van der Waals surface area (Å²) in [5.74, 6) is 0.216. The van der Waals surface area contributed by atoms with Gasteiger partial charge in [0.05, 0.1) is 6.04 Å². The van der Waals surface area contributed by atoms with Gasteiger partial charge in [0, 0.05) is 26.2 Å². The zero-order valence-corrected chi connectivity index (χ0v) is 12.6. The lowest BCUT2D eigenvalue weighted by atomic mass is 10.1. The number of likely N-dealkylation sites (N-methyl/N-ethyl adjacent to an activating group) is 1. The lowest BCUT2D eigenvalue weighted by Crippen LogP contribution is -2.43. The predicted molar refractivity (Wildman–Crippen MR) is 75.6 cm³/mol. The molecule has 1 heterocycles. The van der Waals surface area contributed by atoms with Crippen molar-refractivity contribution in [1.29, 1.82) is 0 Å². The second-order valence-corrected chi connectivity index (χ2v) is 5.74. The van der Waals surface area contributed by atoms with Crippen molar-refractivity contribution >= 4 is 5.91 Å². The molecule has 1 N–H and O–H groups in total. The van der Waals surface area contributed by atoms with Gasteiger partial charge < -0.3 is 15.1 Å². The topological polar surface area (TPSA) is 35.6 Å². The van der Waals surface area contributed by atoms with Crippen molar-refractivity contribution < 1.29 is 4.79 Å². The van der Waals surface area contributed by atoms with Crippen LogP contribution in [0, 0.1) is 0 Å². The molecule has 2 unspecified atom stereocenters. The van der Waals surface area contributed by atoms with E-state index in [0.29, 0.717) is 12.1 Å². The van der Waals surface area contributed by atoms with Gasteiger partial charge in [-0.05, 0) is 46.2 Å². The van der Waals surface area contributed by atoms with Crippen LogP contribution in [0.3, 0.4) is 0 Å². The maximum Gasteiger partial charge on any atom is 0.239 e. The first-order valence-corrected chi connectivity index (χ1v) is 7.17. The van der Waals surface area contributed by atoms with Gasteiger partial charge in [-0.15, -0.1) is 0 Å². The molecule has 2 atom stereocenters. The van der Waals surface area contributed by atoms with Crippen molar-refractivity contribution in [2.24, 2.45) is 0 Å². The average molecular weight is 255 g/mol. The van der Waals surface area contributed by atoms with E-state index in [9.17, 15) is 4.79 Å². The zero-order valence-electron chi connectivity index (χ0n) is 12.6. The highest BCUT2D eigenvalue weighted by molar-refractivity contribution is 5.81. The summed E-state index contributed by atoms with van der Waals surface area (Å²) in [5.41, 5.74) is 0. The summed E-state index contributed by atoms with van der Waals surface area (Å²) < 4.78 is 0. The normalized spacial score (nSPS) is 23.9. The van der Waals surface area contributed by atoms with Crippen LogP contribution in [0.15, 0.2) is 0 Å². The van der Waals surface area contributed by atoms with Crippen molar-refractivity contribution in [3.8, 4) is 0 Å². The Morgan fingerprint density at radius 1 is 1.33 bits per heavy atom. The minimum Gasteiger partial charge on any atom is -0.347 e. The van der Waals surface area contributed by atoms with Crippen LogP contribution in [0.5, 0.6) is 0 Å². The van der Waals surface area contributed by atoms with Crippen LogP contribution in [-0.2, 0) is 4.79 Å². The molecule has 4 heteroatoms. The van der Waals surface area contributed by atoms with Gasteiger partial charge in [0.25, 0.3) is 0 Å². The summed E-state index contributed by atoms with van der Waals surface area (Å²) in [6, 6.07) is 1.15. The molecule has 18 heavy (non-hydrogen) atoms. The van der Waals surface area contributed by atoms with Gasteiger partial charge in [0.15, 0.2) is 0 Å². The third kappa shape index (κ3) is 4.25. The number of nitrogens with zero attached hydrogens (tertiary/aromatic N) is 2. The van der Waals surface area contributed by atoms with Gasteiger partial charge in [0.2, 0.25) is 5.91 Å². The quantitative estimate of drug-likeness (QED) is 0.777. The minimum absolute atomic E-state index is 0.0409. The number of hydrogen-bond donors (Lipinski definition) is 1. The number of hydrogen-bond acceptors (Lipinski definition) is 3. The lowest BCUT2D eigenvalue weighted by molar-refractivity contribution is -0.130. The Bertz CT molecular complexity index is 266. The zero-order chi connectivity index (χ0) is 13.7. The van der Waals surface area contributed by atoms with Gasteiger partial charge in [-0.25, -0.2) is 0 Å². The molecule has 0 aliphatic carbocycles. The lowest BCUT2D eigenvalue weighted by Gasteiger charge is -2.26. The van der Waals surface area contributed by atoms with Crippen molar-refractivity contribution in [3.05, 3.63) is 0 Å². The molecular formula is C14H29N3O. The third-order valence-electron chi connectivity index (χ3n) is 3.88. The predicted octanol–water partition coefficient (Wildman–Crippen LogP) is 1.32. The molecule has 1 fully saturated rings. The van der Waals surface area contributed by atoms with Crippen LogP contribution in [0.1, 0.15) is 40.0 Å². The average Bonchev–Trinajstić information content (AvgIpc) is 2.77. The molecule has 0 aromatic rings. The van der Waals surface area contributed by atoms with E-state index in [4.69, 9.17) is 0 Å². The summed E-state index contributed by atoms with van der Waals surface area (Å²) in [7, 11) is 3.66. The maximum atomic E-state index is 11.8. The highest BCUT2D eigenvalue weighted by Gasteiger charge is 2.29. The fourth-order valence-corrected chi connectivity index (χ4v) is 2.66. The molecule has 106 valence electrons. The molecule has 4 nitrogen and oxygen atoms in total. The van der Waals surface area contributed by atoms with E-state index in [1.54, 1.807) is 4.90 Å². The first-order valence-electron chi connectivity index (χ1n) is 7.17. The molecule has 1 aliphatic rings. The molecule has 1 amide bonds. The molecule has 0 aromatic carbocycles. The van der Waals surface area contributed by atoms with E-state index < -0.39 is 0 Å². The standard InChI is InChI=1S/C14H29N3O/c1-6-17(11(2)3)10-9-12-7-8-13(15-12)14(18)16(4)5/h11-13,15H,6-10H2,1-5H3. The van der Waals surface area contributed by atoms with Crippen LogP contribution >= 0.6 is 0 Å². The summed E-state index contributed by atoms with van der Waals surface area (Å²) in [6.07, 6.45) is 3.25. The Balaban J connectivity index is 2.32. The van der Waals surface area contributed by atoms with Crippen LogP contribution < -0.4 is 5.32 Å². The van der Waals surface area contributed by atoms with Crippen LogP contribution in [0.4, 0.5) is 0 Å². The first kappa shape index (κ1) is 15.4. The van der Waals surface area contributed by atoms with E-state index in [0.717, 1.165) is 32.4 Å². The molecule has 1 aliphatic heterocycles. The van der Waals surface area contributed by atoms with E-state index in [2.05, 4.69) is 31.0 Å². The highest BCUT2D eigenvalue weighted by Crippen LogP contribution is 2.17. The summed E-state index contributed by atoms with van der Waals surface area (Å²) in [6.45, 7) is 8.91. The molecule has 1 rings (SSSR count). The number of amides is 1. The van der Waals surface area contributed by atoms with E-state index in [1.807, 2.05) is 14.1 Å². The van der Waals surface area contributed by atoms with Crippen molar-refractivity contribution in [2.45, 2.75) is 58.2 Å². The van der Waals surface area contributed by atoms with Crippen molar-refractivity contribution in [1.82, 2.24) is 15.1 Å². The Kier molecular flexibility index (Phi) is 6.09. The summed E-state index contributed by atoms with van der Waals surface area (Å²) in [5, 5.41) is 3.47. The molecule has 0 aromatic heterocycles. The number of carbonyl (C=O) groups excluding carboxylic acids is 1. The summed E-state index contributed by atoms with van der Waals surface area (Å²) >= 11 is 0. The van der Waals surface area contributed by atoms with Gasteiger partial charge in [-0.2, -0.15) is 0 Å². The molecule has 0 spiro atoms. The number of carbonyl (C=O) groups is 1. The van der Waals surface area contributed by atoms with Gasteiger partial charge >= 0.3 is 0 Å². The fraction of sp³-hybridized carbons (Fsp3) is 0.929. The Hall–Kier alpha value is -0.610. The van der Waals surface area contributed by atoms with Gasteiger partial charge in [0.1, 0.15) is 0 Å². The molecule has 0 saturated carbocycles. The van der Waals surface area contributed by atoms with Crippen molar-refractivity contribution in [3.63, 3.8) is 0 Å². The largest absolute Gasteiger partial charge is 0.347 e. The van der Waals surface area contributed by atoms with Gasteiger partial charge in [-0.1, -0.05) is 6.92 Å². The van der Waals surface area contributed by atoms with Crippen LogP contribution in [0.25, 0.3) is 0 Å². The second-order valence-electron chi connectivity index (χ2n) is 5.74. The Morgan fingerprint density at radius 3 is 2.50 bits per heavy atom. The van der Waals surface area contributed by atoms with Crippen molar-refractivity contribution in [2.75, 3.05) is 27.2 Å². The van der Waals surface area contributed by atoms with E-state index in [1.165, 1.54) is 0 Å². The van der Waals surface area contributed by atoms with Crippen LogP contribution in [-0.4, -0.2) is 61.0 Å². The monoisotopic (exact) mass is 255 g/mol. The molecular weight excluding hydrogens is 226 g/mol. The van der Waals surface area contributed by atoms with E-state index in [-0.39, 0.29) is 11.9 Å². The molecule has 0 radical (unpaired) electrons. The maximum absolute atomic E-state index is 11.8. The SMILES string of the molecule is CCN(CCC1CCC(C(=O)N(C)C)N1)C(C)C. The molecule has 0 bridgehead atoms. The van der Waals surface area contributed by atoms with E-state index >= 15 is 0 Å². The minimum atomic E-state index is 0.0409. The Labute approximate surface area is 112 Å². The second kappa shape index (κ2) is 7.10. The summed E-state index contributed by atoms with van der Waals surface area (Å²) in [4.78, 5) is 16.0. The Morgan fingerprint density at radius 2 is 2.00 bits per heavy atom. The first-order chi connectivity index (χ1) is 8.45. The van der Waals surface area contributed by atoms with Gasteiger partial charge in [-0.3, -0.25) is 4.79 Å². The van der Waals surface area contributed by atoms with Crippen LogP contribution in [0.2, 0.25) is 0 Å². The highest BCUT2D eigenvalue weighted by atomic mass is 16.2. The fourth-order valence-electron chi connectivity index (χ4n) is 2.66. The smallest absolute Gasteiger partial charge is 0.239 e. The third-order valence-corrected chi connectivity index (χ3v) is 3.88. The number of rotatable bonds is 6. The molecule has 1 saturated heterocycles.